The molecule has 2 aromatic rings. The summed E-state index contributed by atoms with van der Waals surface area (Å²) < 4.78 is 39.5. The molecule has 2 aromatic heterocycles. The normalized spacial score (nSPS) is 21.3. The molecule has 0 bridgehead atoms. The van der Waals surface area contributed by atoms with E-state index in [2.05, 4.69) is 20.0 Å². The van der Waals surface area contributed by atoms with E-state index in [1.807, 2.05) is 6.92 Å². The van der Waals surface area contributed by atoms with Crippen LogP contribution in [0.25, 0.3) is 0 Å². The van der Waals surface area contributed by atoms with Crippen LogP contribution in [-0.2, 0) is 6.18 Å². The maximum Gasteiger partial charge on any atom is 0.435 e. The van der Waals surface area contributed by atoms with Gasteiger partial charge in [0.2, 0.25) is 0 Å². The molecule has 124 valence electrons. The van der Waals surface area contributed by atoms with Crippen LogP contribution in [0.4, 0.5) is 13.2 Å². The Morgan fingerprint density at radius 1 is 1.30 bits per heavy atom. The van der Waals surface area contributed by atoms with Crippen molar-refractivity contribution in [3.05, 3.63) is 42.2 Å². The quantitative estimate of drug-likeness (QED) is 0.870. The van der Waals surface area contributed by atoms with Crippen molar-refractivity contribution in [2.24, 2.45) is 0 Å². The first-order valence-electron chi connectivity index (χ1n) is 7.57. The fourth-order valence-electron chi connectivity index (χ4n) is 2.96. The van der Waals surface area contributed by atoms with Crippen LogP contribution in [0.15, 0.2) is 30.9 Å². The van der Waals surface area contributed by atoms with Crippen LogP contribution in [0.2, 0.25) is 0 Å². The zero-order valence-corrected chi connectivity index (χ0v) is 12.7. The van der Waals surface area contributed by atoms with Gasteiger partial charge in [-0.25, -0.2) is 0 Å². The number of likely N-dealkylation sites (tertiary alicyclic amines) is 1. The number of halogens is 3. The Labute approximate surface area is 132 Å². The maximum atomic E-state index is 12.7. The van der Waals surface area contributed by atoms with Crippen molar-refractivity contribution in [2.75, 3.05) is 13.1 Å². The van der Waals surface area contributed by atoms with E-state index in [0.717, 1.165) is 31.1 Å². The monoisotopic (exact) mass is 325 g/mol. The number of aromatic nitrogens is 4. The predicted octanol–water partition coefficient (Wildman–Crippen LogP) is 3.09. The molecule has 3 heterocycles. The lowest BCUT2D eigenvalue weighted by molar-refractivity contribution is -0.141. The second kappa shape index (κ2) is 6.27. The van der Waals surface area contributed by atoms with Crippen molar-refractivity contribution in [1.29, 1.82) is 0 Å². The van der Waals surface area contributed by atoms with Crippen molar-refractivity contribution < 1.29 is 13.2 Å². The number of piperidine rings is 1. The summed E-state index contributed by atoms with van der Waals surface area (Å²) in [6, 6.07) is 1.05. The van der Waals surface area contributed by atoms with E-state index in [4.69, 9.17) is 0 Å². The fraction of sp³-hybridized carbons (Fsp3) is 0.533. The summed E-state index contributed by atoms with van der Waals surface area (Å²) in [5.74, 6) is 0. The molecule has 0 N–H and O–H groups in total. The molecule has 8 heteroatoms. The molecule has 1 aliphatic heterocycles. The van der Waals surface area contributed by atoms with Crippen LogP contribution in [0.1, 0.15) is 43.2 Å². The van der Waals surface area contributed by atoms with E-state index in [-0.39, 0.29) is 12.1 Å². The Hall–Kier alpha value is -1.96. The molecular formula is C15H18F3N5. The van der Waals surface area contributed by atoms with E-state index in [1.54, 1.807) is 18.6 Å². The average Bonchev–Trinajstić information content (AvgIpc) is 3.05. The molecule has 1 fully saturated rings. The molecule has 0 radical (unpaired) electrons. The van der Waals surface area contributed by atoms with Gasteiger partial charge in [-0.3, -0.25) is 19.5 Å². The molecule has 1 saturated heterocycles. The Morgan fingerprint density at radius 3 is 2.78 bits per heavy atom. The average molecular weight is 325 g/mol. The zero-order valence-electron chi connectivity index (χ0n) is 12.7. The maximum absolute atomic E-state index is 12.7. The smallest absolute Gasteiger partial charge is 0.293 e. The van der Waals surface area contributed by atoms with Crippen LogP contribution in [0, 0.1) is 0 Å². The summed E-state index contributed by atoms with van der Waals surface area (Å²) in [4.78, 5) is 10.6. The lowest BCUT2D eigenvalue weighted by Crippen LogP contribution is -2.38. The molecule has 5 nitrogen and oxygen atoms in total. The van der Waals surface area contributed by atoms with Gasteiger partial charge in [0.05, 0.1) is 17.8 Å². The van der Waals surface area contributed by atoms with Gasteiger partial charge in [-0.15, -0.1) is 0 Å². The first-order chi connectivity index (χ1) is 10.9. The molecule has 23 heavy (non-hydrogen) atoms. The molecule has 0 aliphatic carbocycles. The number of rotatable bonds is 3. The molecular weight excluding hydrogens is 307 g/mol. The minimum absolute atomic E-state index is 0.0565. The summed E-state index contributed by atoms with van der Waals surface area (Å²) >= 11 is 0. The second-order valence-corrected chi connectivity index (χ2v) is 5.78. The highest BCUT2D eigenvalue weighted by Crippen LogP contribution is 2.31. The Kier molecular flexibility index (Phi) is 4.34. The van der Waals surface area contributed by atoms with Crippen molar-refractivity contribution >= 4 is 0 Å². The van der Waals surface area contributed by atoms with Gasteiger partial charge in [-0.05, 0) is 32.4 Å². The van der Waals surface area contributed by atoms with Gasteiger partial charge in [0.1, 0.15) is 0 Å². The lowest BCUT2D eigenvalue weighted by Gasteiger charge is -2.36. The van der Waals surface area contributed by atoms with Gasteiger partial charge in [-0.1, -0.05) is 0 Å². The first-order valence-corrected chi connectivity index (χ1v) is 7.57. The summed E-state index contributed by atoms with van der Waals surface area (Å²) in [5, 5.41) is 3.71. The van der Waals surface area contributed by atoms with Crippen molar-refractivity contribution in [3.8, 4) is 0 Å². The summed E-state index contributed by atoms with van der Waals surface area (Å²) in [6.45, 7) is 3.58. The van der Waals surface area contributed by atoms with Gasteiger partial charge >= 0.3 is 6.18 Å². The van der Waals surface area contributed by atoms with Gasteiger partial charge in [-0.2, -0.15) is 18.3 Å². The van der Waals surface area contributed by atoms with Gasteiger partial charge in [0, 0.05) is 31.3 Å². The van der Waals surface area contributed by atoms with Crippen LogP contribution in [0.5, 0.6) is 0 Å². The number of hydrogen-bond acceptors (Lipinski definition) is 4. The summed E-state index contributed by atoms with van der Waals surface area (Å²) in [5.41, 5.74) is 0.0289. The summed E-state index contributed by atoms with van der Waals surface area (Å²) in [6.07, 6.45) is 3.76. The number of alkyl halides is 3. The van der Waals surface area contributed by atoms with Crippen LogP contribution >= 0.6 is 0 Å². The highest BCUT2D eigenvalue weighted by molar-refractivity contribution is 5.05. The lowest BCUT2D eigenvalue weighted by atomic mass is 10.0. The molecule has 0 unspecified atom stereocenters. The highest BCUT2D eigenvalue weighted by Gasteiger charge is 2.35. The zero-order chi connectivity index (χ0) is 16.4. The number of hydrogen-bond donors (Lipinski definition) is 0. The van der Waals surface area contributed by atoms with Gasteiger partial charge < -0.3 is 0 Å². The molecule has 0 spiro atoms. The van der Waals surface area contributed by atoms with Gasteiger partial charge in [0.25, 0.3) is 0 Å². The minimum Gasteiger partial charge on any atom is -0.293 e. The topological polar surface area (TPSA) is 46.8 Å². The minimum atomic E-state index is -4.40. The third-order valence-corrected chi connectivity index (χ3v) is 4.26. The van der Waals surface area contributed by atoms with E-state index >= 15 is 0 Å². The molecule has 0 amide bonds. The van der Waals surface area contributed by atoms with E-state index in [9.17, 15) is 13.2 Å². The molecule has 0 saturated carbocycles. The first kappa shape index (κ1) is 15.9. The van der Waals surface area contributed by atoms with Crippen LogP contribution in [-0.4, -0.2) is 37.7 Å². The van der Waals surface area contributed by atoms with Gasteiger partial charge in [0.15, 0.2) is 5.69 Å². The van der Waals surface area contributed by atoms with Crippen molar-refractivity contribution in [2.45, 2.75) is 38.0 Å². The SMILES string of the molecule is C[C@H](c1cnccn1)N1CCC[C@H](n2ccc(C(F)(F)F)n2)C1. The standard InChI is InChI=1S/C15H18F3N5/c1-11(13-9-19-5-6-20-13)22-7-2-3-12(10-22)23-8-4-14(21-23)15(16,17)18/h4-6,8-9,11-12H,2-3,7,10H2,1H3/t11-,12+/m1/s1. The predicted molar refractivity (Wildman–Crippen MR) is 77.5 cm³/mol. The van der Waals surface area contributed by atoms with Crippen molar-refractivity contribution in [1.82, 2.24) is 24.6 Å². The summed E-state index contributed by atoms with van der Waals surface area (Å²) in [7, 11) is 0. The van der Waals surface area contributed by atoms with Crippen molar-refractivity contribution in [3.63, 3.8) is 0 Å². The Bertz CT molecular complexity index is 640. The van der Waals surface area contributed by atoms with Crippen LogP contribution in [0.3, 0.4) is 0 Å². The highest BCUT2D eigenvalue weighted by atomic mass is 19.4. The van der Waals surface area contributed by atoms with Crippen LogP contribution < -0.4 is 0 Å². The largest absolute Gasteiger partial charge is 0.435 e. The molecule has 2 atom stereocenters. The van der Waals surface area contributed by atoms with E-state index in [0.29, 0.717) is 6.54 Å². The number of nitrogens with zero attached hydrogens (tertiary/aromatic N) is 5. The van der Waals surface area contributed by atoms with E-state index < -0.39 is 11.9 Å². The third kappa shape index (κ3) is 3.52. The Morgan fingerprint density at radius 2 is 2.13 bits per heavy atom. The third-order valence-electron chi connectivity index (χ3n) is 4.26. The molecule has 0 aromatic carbocycles. The molecule has 1 aliphatic rings. The Balaban J connectivity index is 1.72. The fourth-order valence-corrected chi connectivity index (χ4v) is 2.96. The second-order valence-electron chi connectivity index (χ2n) is 5.78. The molecule has 3 rings (SSSR count). The van der Waals surface area contributed by atoms with E-state index in [1.165, 1.54) is 10.9 Å².